The summed E-state index contributed by atoms with van der Waals surface area (Å²) in [5.74, 6) is 0. The molecule has 1 aromatic rings. The molecule has 2 N–H and O–H groups in total. The Morgan fingerprint density at radius 1 is 1.57 bits per heavy atom. The molecule has 5 heteroatoms. The van der Waals surface area contributed by atoms with E-state index in [0.29, 0.717) is 6.04 Å². The van der Waals surface area contributed by atoms with Gasteiger partial charge in [0.25, 0.3) is 0 Å². The monoisotopic (exact) mass is 196 g/mol. The van der Waals surface area contributed by atoms with Gasteiger partial charge >= 0.3 is 0 Å². The molecule has 2 rings (SSSR count). The second kappa shape index (κ2) is 4.06. The van der Waals surface area contributed by atoms with E-state index in [-0.39, 0.29) is 6.04 Å². The smallest absolute Gasteiger partial charge is 0.0754 e. The number of hydrogen-bond donors (Lipinski definition) is 1. The van der Waals surface area contributed by atoms with Gasteiger partial charge < -0.3 is 10.5 Å². The first-order chi connectivity index (χ1) is 6.79. The minimum Gasteiger partial charge on any atom is -0.381 e. The topological polar surface area (TPSA) is 66.0 Å². The molecule has 5 nitrogen and oxygen atoms in total. The molecule has 1 unspecified atom stereocenters. The first-order valence-corrected chi connectivity index (χ1v) is 5.02. The molecule has 1 atom stereocenters. The fourth-order valence-corrected chi connectivity index (χ4v) is 1.79. The lowest BCUT2D eigenvalue weighted by Crippen LogP contribution is -2.24. The van der Waals surface area contributed by atoms with Crippen molar-refractivity contribution in [3.8, 4) is 0 Å². The average molecular weight is 196 g/mol. The van der Waals surface area contributed by atoms with Crippen LogP contribution in [-0.2, 0) is 4.74 Å². The third-order valence-corrected chi connectivity index (χ3v) is 2.61. The summed E-state index contributed by atoms with van der Waals surface area (Å²) < 4.78 is 7.26. The second-order valence-electron chi connectivity index (χ2n) is 3.74. The van der Waals surface area contributed by atoms with Gasteiger partial charge in [0.1, 0.15) is 0 Å². The van der Waals surface area contributed by atoms with E-state index in [4.69, 9.17) is 10.5 Å². The predicted octanol–water partition coefficient (Wildman–Crippen LogP) is 0.649. The van der Waals surface area contributed by atoms with Crippen molar-refractivity contribution in [1.29, 1.82) is 0 Å². The molecule has 1 aliphatic rings. The Morgan fingerprint density at radius 3 is 2.93 bits per heavy atom. The van der Waals surface area contributed by atoms with Crippen LogP contribution < -0.4 is 5.73 Å². The van der Waals surface area contributed by atoms with Crippen LogP contribution in [0.3, 0.4) is 0 Å². The Labute approximate surface area is 83.2 Å². The van der Waals surface area contributed by atoms with Crippen molar-refractivity contribution in [2.24, 2.45) is 5.73 Å². The Balaban J connectivity index is 2.17. The summed E-state index contributed by atoms with van der Waals surface area (Å²) in [6, 6.07) is 0.403. The number of ether oxygens (including phenoxy) is 1. The van der Waals surface area contributed by atoms with Gasteiger partial charge in [0.2, 0.25) is 0 Å². The zero-order valence-electron chi connectivity index (χ0n) is 8.39. The second-order valence-corrected chi connectivity index (χ2v) is 3.74. The van der Waals surface area contributed by atoms with Gasteiger partial charge in [-0.25, -0.2) is 4.68 Å². The van der Waals surface area contributed by atoms with Gasteiger partial charge in [-0.2, -0.15) is 0 Å². The average Bonchev–Trinajstić information content (AvgIpc) is 2.67. The van der Waals surface area contributed by atoms with E-state index in [1.54, 1.807) is 6.20 Å². The molecule has 1 fully saturated rings. The van der Waals surface area contributed by atoms with Crippen LogP contribution in [0.1, 0.15) is 37.5 Å². The maximum Gasteiger partial charge on any atom is 0.0754 e. The minimum absolute atomic E-state index is 0.00663. The van der Waals surface area contributed by atoms with Gasteiger partial charge in [-0.05, 0) is 19.8 Å². The molecule has 1 aromatic heterocycles. The summed E-state index contributed by atoms with van der Waals surface area (Å²) >= 11 is 0. The zero-order valence-corrected chi connectivity index (χ0v) is 8.39. The molecule has 1 aliphatic heterocycles. The van der Waals surface area contributed by atoms with Gasteiger partial charge in [0.15, 0.2) is 0 Å². The fraction of sp³-hybridized carbons (Fsp3) is 0.778. The van der Waals surface area contributed by atoms with Crippen molar-refractivity contribution < 1.29 is 4.74 Å². The molecule has 0 radical (unpaired) electrons. The van der Waals surface area contributed by atoms with Crippen molar-refractivity contribution in [3.63, 3.8) is 0 Å². The lowest BCUT2D eigenvalue weighted by atomic mass is 10.1. The van der Waals surface area contributed by atoms with Crippen LogP contribution in [0.25, 0.3) is 0 Å². The normalized spacial score (nSPS) is 21.0. The summed E-state index contributed by atoms with van der Waals surface area (Å²) in [5.41, 5.74) is 6.84. The number of hydrogen-bond acceptors (Lipinski definition) is 4. The van der Waals surface area contributed by atoms with E-state index >= 15 is 0 Å². The largest absolute Gasteiger partial charge is 0.381 e. The predicted molar refractivity (Wildman–Crippen MR) is 51.7 cm³/mol. The highest BCUT2D eigenvalue weighted by Crippen LogP contribution is 2.22. The van der Waals surface area contributed by atoms with Crippen molar-refractivity contribution in [2.75, 3.05) is 13.2 Å². The molecule has 2 heterocycles. The quantitative estimate of drug-likeness (QED) is 0.754. The Kier molecular flexibility index (Phi) is 2.79. The van der Waals surface area contributed by atoms with Crippen LogP contribution >= 0.6 is 0 Å². The van der Waals surface area contributed by atoms with Crippen molar-refractivity contribution >= 4 is 0 Å². The molecule has 14 heavy (non-hydrogen) atoms. The van der Waals surface area contributed by atoms with Gasteiger partial charge in [-0.15, -0.1) is 5.10 Å². The van der Waals surface area contributed by atoms with Gasteiger partial charge in [0, 0.05) is 19.3 Å². The van der Waals surface area contributed by atoms with Crippen LogP contribution in [0.15, 0.2) is 6.20 Å². The van der Waals surface area contributed by atoms with Crippen LogP contribution in [-0.4, -0.2) is 28.2 Å². The summed E-state index contributed by atoms with van der Waals surface area (Å²) in [4.78, 5) is 0. The van der Waals surface area contributed by atoms with E-state index in [1.165, 1.54) is 0 Å². The summed E-state index contributed by atoms with van der Waals surface area (Å²) in [6.45, 7) is 3.57. The van der Waals surface area contributed by atoms with Gasteiger partial charge in [0.05, 0.1) is 17.9 Å². The minimum atomic E-state index is -0.00663. The molecule has 0 aliphatic carbocycles. The van der Waals surface area contributed by atoms with Crippen LogP contribution in [0, 0.1) is 0 Å². The van der Waals surface area contributed by atoms with Gasteiger partial charge in [-0.1, -0.05) is 5.21 Å². The maximum atomic E-state index is 5.83. The summed E-state index contributed by atoms with van der Waals surface area (Å²) in [5, 5.41) is 8.00. The maximum absolute atomic E-state index is 5.83. The molecule has 0 amide bonds. The van der Waals surface area contributed by atoms with Crippen LogP contribution in [0.5, 0.6) is 0 Å². The SMILES string of the molecule is CC(N)c1cnnn1C1CCOCC1. The molecule has 0 bridgehead atoms. The molecular formula is C9H16N4O. The van der Waals surface area contributed by atoms with E-state index < -0.39 is 0 Å². The third-order valence-electron chi connectivity index (χ3n) is 2.61. The Bertz CT molecular complexity index is 291. The lowest BCUT2D eigenvalue weighted by Gasteiger charge is -2.24. The van der Waals surface area contributed by atoms with Crippen LogP contribution in [0.4, 0.5) is 0 Å². The number of nitrogens with zero attached hydrogens (tertiary/aromatic N) is 3. The Hall–Kier alpha value is -0.940. The number of aromatic nitrogens is 3. The highest BCUT2D eigenvalue weighted by molar-refractivity contribution is 5.01. The number of nitrogens with two attached hydrogens (primary N) is 1. The molecule has 0 saturated carbocycles. The Morgan fingerprint density at radius 2 is 2.29 bits per heavy atom. The van der Waals surface area contributed by atoms with Crippen LogP contribution in [0.2, 0.25) is 0 Å². The summed E-state index contributed by atoms with van der Waals surface area (Å²) in [7, 11) is 0. The van der Waals surface area contributed by atoms with Crippen molar-refractivity contribution in [2.45, 2.75) is 31.8 Å². The molecule has 0 spiro atoms. The molecule has 1 saturated heterocycles. The first kappa shape index (κ1) is 9.61. The van der Waals surface area contributed by atoms with E-state index in [2.05, 4.69) is 10.3 Å². The van der Waals surface area contributed by atoms with E-state index in [9.17, 15) is 0 Å². The highest BCUT2D eigenvalue weighted by Gasteiger charge is 2.20. The fourth-order valence-electron chi connectivity index (χ4n) is 1.79. The molecule has 0 aromatic carbocycles. The molecule has 78 valence electrons. The van der Waals surface area contributed by atoms with E-state index in [0.717, 1.165) is 31.7 Å². The highest BCUT2D eigenvalue weighted by atomic mass is 16.5. The standard InChI is InChI=1S/C9H16N4O/c1-7(10)9-6-11-12-13(9)8-2-4-14-5-3-8/h6-8H,2-5,10H2,1H3. The first-order valence-electron chi connectivity index (χ1n) is 5.02. The lowest BCUT2D eigenvalue weighted by molar-refractivity contribution is 0.0646. The summed E-state index contributed by atoms with van der Waals surface area (Å²) in [6.07, 6.45) is 3.76. The van der Waals surface area contributed by atoms with Gasteiger partial charge in [-0.3, -0.25) is 0 Å². The molecular weight excluding hydrogens is 180 g/mol. The van der Waals surface area contributed by atoms with Crippen molar-refractivity contribution in [1.82, 2.24) is 15.0 Å². The van der Waals surface area contributed by atoms with Crippen molar-refractivity contribution in [3.05, 3.63) is 11.9 Å². The number of rotatable bonds is 2. The van der Waals surface area contributed by atoms with E-state index in [1.807, 2.05) is 11.6 Å². The third kappa shape index (κ3) is 1.78. The zero-order chi connectivity index (χ0) is 9.97.